The predicted octanol–water partition coefficient (Wildman–Crippen LogP) is 3.58. The zero-order valence-corrected chi connectivity index (χ0v) is 14.5. The number of hydrogen-bond acceptors (Lipinski definition) is 5. The molecule has 2 N–H and O–H groups in total. The molecule has 0 spiro atoms. The number of nitrogens with zero attached hydrogens (tertiary/aromatic N) is 2. The van der Waals surface area contributed by atoms with E-state index in [4.69, 9.17) is 20.0 Å². The van der Waals surface area contributed by atoms with Crippen molar-refractivity contribution in [2.45, 2.75) is 62.8 Å². The summed E-state index contributed by atoms with van der Waals surface area (Å²) in [7, 11) is 1.72. The second kappa shape index (κ2) is 5.59. The predicted molar refractivity (Wildman–Crippen MR) is 91.0 cm³/mol. The molecule has 2 aliphatic carbocycles. The Bertz CT molecular complexity index is 743. The summed E-state index contributed by atoms with van der Waals surface area (Å²) in [6, 6.07) is 6.42. The molecular formula is C19H25N3O2. The monoisotopic (exact) mass is 327 g/mol. The topological polar surface area (TPSA) is 74.2 Å². The van der Waals surface area contributed by atoms with Crippen molar-refractivity contribution in [3.63, 3.8) is 0 Å². The van der Waals surface area contributed by atoms with Crippen molar-refractivity contribution in [2.75, 3.05) is 7.11 Å². The van der Waals surface area contributed by atoms with Crippen LogP contribution in [0.3, 0.4) is 0 Å². The van der Waals surface area contributed by atoms with Gasteiger partial charge in [-0.1, -0.05) is 30.1 Å². The Kier molecular flexibility index (Phi) is 3.64. The van der Waals surface area contributed by atoms with E-state index in [1.165, 1.54) is 18.4 Å². The maximum atomic E-state index is 6.38. The molecule has 1 heterocycles. The van der Waals surface area contributed by atoms with Gasteiger partial charge in [-0.2, -0.15) is 4.98 Å². The summed E-state index contributed by atoms with van der Waals surface area (Å²) in [5.74, 6) is 2.31. The number of aryl methyl sites for hydroxylation is 1. The van der Waals surface area contributed by atoms with E-state index >= 15 is 0 Å². The fourth-order valence-corrected chi connectivity index (χ4v) is 4.12. The first-order chi connectivity index (χ1) is 11.6. The summed E-state index contributed by atoms with van der Waals surface area (Å²) in [5, 5.41) is 4.24. The highest BCUT2D eigenvalue weighted by Gasteiger charge is 2.45. The van der Waals surface area contributed by atoms with E-state index in [0.717, 1.165) is 49.3 Å². The van der Waals surface area contributed by atoms with Gasteiger partial charge in [-0.3, -0.25) is 0 Å². The Morgan fingerprint density at radius 3 is 2.50 bits per heavy atom. The van der Waals surface area contributed by atoms with E-state index in [-0.39, 0.29) is 11.0 Å². The minimum Gasteiger partial charge on any atom is -0.496 e. The fraction of sp³-hybridized carbons (Fsp3) is 0.579. The van der Waals surface area contributed by atoms with Gasteiger partial charge in [0.15, 0.2) is 5.82 Å². The summed E-state index contributed by atoms with van der Waals surface area (Å²) in [5.41, 5.74) is 8.14. The van der Waals surface area contributed by atoms with E-state index in [2.05, 4.69) is 30.3 Å². The van der Waals surface area contributed by atoms with Crippen LogP contribution in [-0.2, 0) is 11.0 Å². The van der Waals surface area contributed by atoms with Gasteiger partial charge in [0.25, 0.3) is 0 Å². The molecule has 0 bridgehead atoms. The Hall–Kier alpha value is -1.88. The highest BCUT2D eigenvalue weighted by molar-refractivity contribution is 5.43. The van der Waals surface area contributed by atoms with Crippen LogP contribution >= 0.6 is 0 Å². The van der Waals surface area contributed by atoms with Gasteiger partial charge in [-0.25, -0.2) is 0 Å². The lowest BCUT2D eigenvalue weighted by Gasteiger charge is -2.34. The van der Waals surface area contributed by atoms with Crippen LogP contribution in [0, 0.1) is 6.92 Å². The first-order valence-electron chi connectivity index (χ1n) is 8.86. The van der Waals surface area contributed by atoms with Gasteiger partial charge in [-0.15, -0.1) is 0 Å². The van der Waals surface area contributed by atoms with Crippen LogP contribution in [0.2, 0.25) is 0 Å². The van der Waals surface area contributed by atoms with Crippen LogP contribution in [0.5, 0.6) is 5.75 Å². The molecule has 0 radical (unpaired) electrons. The van der Waals surface area contributed by atoms with Crippen LogP contribution in [0.1, 0.15) is 67.8 Å². The quantitative estimate of drug-likeness (QED) is 0.929. The van der Waals surface area contributed by atoms with Crippen LogP contribution in [0.25, 0.3) is 0 Å². The molecule has 0 aliphatic heterocycles. The van der Waals surface area contributed by atoms with Crippen LogP contribution < -0.4 is 10.5 Å². The molecule has 0 atom stereocenters. The number of hydrogen-bond donors (Lipinski definition) is 1. The van der Waals surface area contributed by atoms with Gasteiger partial charge in [0, 0.05) is 0 Å². The van der Waals surface area contributed by atoms with E-state index in [1.54, 1.807) is 7.11 Å². The maximum absolute atomic E-state index is 6.38. The number of benzene rings is 1. The lowest BCUT2D eigenvalue weighted by atomic mass is 9.76. The van der Waals surface area contributed by atoms with E-state index in [0.29, 0.717) is 5.82 Å². The Morgan fingerprint density at radius 2 is 1.88 bits per heavy atom. The highest BCUT2D eigenvalue weighted by atomic mass is 16.5. The van der Waals surface area contributed by atoms with E-state index in [1.807, 2.05) is 0 Å². The fourth-order valence-electron chi connectivity index (χ4n) is 4.12. The Morgan fingerprint density at radius 1 is 1.12 bits per heavy atom. The second-order valence-corrected chi connectivity index (χ2v) is 7.41. The summed E-state index contributed by atoms with van der Waals surface area (Å²) >= 11 is 0. The van der Waals surface area contributed by atoms with Crippen molar-refractivity contribution in [1.82, 2.24) is 10.1 Å². The molecule has 1 aromatic heterocycles. The van der Waals surface area contributed by atoms with Gasteiger partial charge in [0.2, 0.25) is 5.89 Å². The lowest BCUT2D eigenvalue weighted by molar-refractivity contribution is 0.227. The number of ether oxygens (including phenoxy) is 1. The normalized spacial score (nSPS) is 21.5. The Labute approximate surface area is 142 Å². The smallest absolute Gasteiger partial charge is 0.237 e. The molecule has 2 saturated carbocycles. The van der Waals surface area contributed by atoms with Crippen LogP contribution in [-0.4, -0.2) is 17.3 Å². The van der Waals surface area contributed by atoms with Crippen molar-refractivity contribution < 1.29 is 9.26 Å². The lowest BCUT2D eigenvalue weighted by Crippen LogP contribution is -2.44. The van der Waals surface area contributed by atoms with Crippen LogP contribution in [0.15, 0.2) is 22.7 Å². The molecule has 0 amide bonds. The molecule has 24 heavy (non-hydrogen) atoms. The molecule has 128 valence electrons. The second-order valence-electron chi connectivity index (χ2n) is 7.41. The average Bonchev–Trinajstić information content (AvgIpc) is 3.23. The van der Waals surface area contributed by atoms with Crippen molar-refractivity contribution in [3.8, 4) is 5.75 Å². The third-order valence-corrected chi connectivity index (χ3v) is 5.94. The molecule has 2 aliphatic rings. The van der Waals surface area contributed by atoms with Crippen molar-refractivity contribution in [1.29, 1.82) is 0 Å². The SMILES string of the molecule is COc1cc(C2(c3nc(C4(N)CCC4)no3)CCCC2)ccc1C. The molecule has 0 saturated heterocycles. The van der Waals surface area contributed by atoms with Gasteiger partial charge in [0.05, 0.1) is 18.1 Å². The van der Waals surface area contributed by atoms with E-state index in [9.17, 15) is 0 Å². The standard InChI is InChI=1S/C19H25N3O2/c1-13-6-7-14(12-15(13)23-2)18(8-3-4-9-18)17-21-16(22-24-17)19(20)10-5-11-19/h6-7,12H,3-5,8-11,20H2,1-2H3. The number of nitrogens with two attached hydrogens (primary N) is 1. The molecule has 4 rings (SSSR count). The summed E-state index contributed by atoms with van der Waals surface area (Å²) in [4.78, 5) is 4.77. The maximum Gasteiger partial charge on any atom is 0.237 e. The molecule has 2 aromatic rings. The number of aromatic nitrogens is 2. The van der Waals surface area contributed by atoms with Crippen molar-refractivity contribution in [2.24, 2.45) is 5.73 Å². The zero-order valence-electron chi connectivity index (χ0n) is 14.5. The van der Waals surface area contributed by atoms with Crippen molar-refractivity contribution in [3.05, 3.63) is 41.0 Å². The summed E-state index contributed by atoms with van der Waals surface area (Å²) in [6.45, 7) is 2.06. The van der Waals surface area contributed by atoms with Crippen molar-refractivity contribution >= 4 is 0 Å². The molecular weight excluding hydrogens is 302 g/mol. The van der Waals surface area contributed by atoms with Gasteiger partial charge < -0.3 is 15.0 Å². The first-order valence-corrected chi connectivity index (χ1v) is 8.86. The largest absolute Gasteiger partial charge is 0.496 e. The first kappa shape index (κ1) is 15.6. The van der Waals surface area contributed by atoms with Crippen LogP contribution in [0.4, 0.5) is 0 Å². The molecule has 5 heteroatoms. The zero-order chi connectivity index (χ0) is 16.8. The Balaban J connectivity index is 1.76. The summed E-state index contributed by atoms with van der Waals surface area (Å²) in [6.07, 6.45) is 7.41. The number of rotatable bonds is 4. The summed E-state index contributed by atoms with van der Waals surface area (Å²) < 4.78 is 11.3. The van der Waals surface area contributed by atoms with Gasteiger partial charge >= 0.3 is 0 Å². The number of methoxy groups -OCH3 is 1. The molecule has 0 unspecified atom stereocenters. The van der Waals surface area contributed by atoms with E-state index < -0.39 is 0 Å². The third kappa shape index (κ3) is 2.25. The molecule has 5 nitrogen and oxygen atoms in total. The minimum absolute atomic E-state index is 0.202. The third-order valence-electron chi connectivity index (χ3n) is 5.94. The molecule has 1 aromatic carbocycles. The molecule has 2 fully saturated rings. The average molecular weight is 327 g/mol. The minimum atomic E-state index is -0.382. The van der Waals surface area contributed by atoms with Gasteiger partial charge in [0.1, 0.15) is 5.75 Å². The highest BCUT2D eigenvalue weighted by Crippen LogP contribution is 2.47. The van der Waals surface area contributed by atoms with Gasteiger partial charge in [-0.05, 0) is 56.2 Å².